The molecule has 29 heavy (non-hydrogen) atoms. The predicted octanol–water partition coefficient (Wildman–Crippen LogP) is 3.52. The van der Waals surface area contributed by atoms with Crippen molar-refractivity contribution < 1.29 is 14.4 Å². The molecule has 7 nitrogen and oxygen atoms in total. The molecule has 0 spiro atoms. The van der Waals surface area contributed by atoms with Crippen LogP contribution in [0.15, 0.2) is 54.5 Å². The van der Waals surface area contributed by atoms with E-state index >= 15 is 0 Å². The quantitative estimate of drug-likeness (QED) is 0.603. The smallest absolute Gasteiger partial charge is 0.329 e. The first-order valence-electron chi connectivity index (χ1n) is 9.97. The lowest BCUT2D eigenvalue weighted by atomic mass is 9.95. The Morgan fingerprint density at radius 1 is 1.10 bits per heavy atom. The number of para-hydroxylation sites is 1. The minimum atomic E-state index is -0.587. The van der Waals surface area contributed by atoms with Crippen LogP contribution in [-0.2, 0) is 9.59 Å². The summed E-state index contributed by atoms with van der Waals surface area (Å²) in [5.41, 5.74) is 1.66. The van der Waals surface area contributed by atoms with Gasteiger partial charge in [-0.1, -0.05) is 37.5 Å². The standard InChI is InChI=1S/C22H24N4O3/c27-20(23-17-7-3-1-4-8-17)15-26-21(28)19(24-22(26)29)13-16-11-12-25(14-16)18-9-5-2-6-10-18/h1,3-4,7-8,11-14,18H,2,5-6,9-10,15H2,(H,23,27)(H,24,29)/b19-13+. The third kappa shape index (κ3) is 4.39. The largest absolute Gasteiger partial charge is 0.351 e. The van der Waals surface area contributed by atoms with Crippen LogP contribution in [0, 0.1) is 0 Å². The number of imide groups is 1. The van der Waals surface area contributed by atoms with Crippen molar-refractivity contribution in [1.29, 1.82) is 0 Å². The molecular formula is C22H24N4O3. The first-order chi connectivity index (χ1) is 14.1. The molecule has 2 fully saturated rings. The second-order valence-electron chi connectivity index (χ2n) is 7.48. The van der Waals surface area contributed by atoms with E-state index in [2.05, 4.69) is 15.2 Å². The van der Waals surface area contributed by atoms with Crippen molar-refractivity contribution in [1.82, 2.24) is 14.8 Å². The summed E-state index contributed by atoms with van der Waals surface area (Å²) >= 11 is 0. The fraction of sp³-hybridized carbons (Fsp3) is 0.318. The van der Waals surface area contributed by atoms with Gasteiger partial charge in [-0.15, -0.1) is 0 Å². The van der Waals surface area contributed by atoms with Crippen LogP contribution in [0.25, 0.3) is 6.08 Å². The summed E-state index contributed by atoms with van der Waals surface area (Å²) < 4.78 is 2.19. The first-order valence-corrected chi connectivity index (χ1v) is 9.97. The minimum Gasteiger partial charge on any atom is -0.351 e. The molecule has 7 heteroatoms. The van der Waals surface area contributed by atoms with Crippen LogP contribution in [0.1, 0.15) is 43.7 Å². The number of carbonyl (C=O) groups excluding carboxylic acids is 3. The molecule has 1 aromatic heterocycles. The van der Waals surface area contributed by atoms with E-state index in [0.29, 0.717) is 11.7 Å². The molecule has 2 aromatic rings. The summed E-state index contributed by atoms with van der Waals surface area (Å²) in [6.45, 7) is -0.333. The van der Waals surface area contributed by atoms with Crippen LogP contribution >= 0.6 is 0 Å². The summed E-state index contributed by atoms with van der Waals surface area (Å²) in [6.07, 6.45) is 11.8. The van der Waals surface area contributed by atoms with Crippen LogP contribution < -0.4 is 10.6 Å². The Kier molecular flexibility index (Phi) is 5.46. The highest BCUT2D eigenvalue weighted by atomic mass is 16.2. The van der Waals surface area contributed by atoms with Crippen molar-refractivity contribution in [3.05, 3.63) is 60.1 Å². The number of nitrogens with zero attached hydrogens (tertiary/aromatic N) is 2. The Morgan fingerprint density at radius 2 is 1.86 bits per heavy atom. The maximum atomic E-state index is 12.6. The van der Waals surface area contributed by atoms with Crippen molar-refractivity contribution in [3.8, 4) is 0 Å². The molecular weight excluding hydrogens is 368 g/mol. The van der Waals surface area contributed by atoms with E-state index in [4.69, 9.17) is 0 Å². The normalized spacial score (nSPS) is 18.9. The lowest BCUT2D eigenvalue weighted by molar-refractivity contribution is -0.127. The topological polar surface area (TPSA) is 83.4 Å². The fourth-order valence-electron chi connectivity index (χ4n) is 3.87. The van der Waals surface area contributed by atoms with Crippen LogP contribution in [-0.4, -0.2) is 33.9 Å². The lowest BCUT2D eigenvalue weighted by Gasteiger charge is -2.23. The maximum absolute atomic E-state index is 12.6. The molecule has 2 aliphatic rings. The van der Waals surface area contributed by atoms with Gasteiger partial charge in [-0.25, -0.2) is 9.69 Å². The number of amides is 4. The van der Waals surface area contributed by atoms with Crippen LogP contribution in [0.5, 0.6) is 0 Å². The summed E-state index contributed by atoms with van der Waals surface area (Å²) in [6, 6.07) is 10.8. The number of urea groups is 1. The zero-order valence-electron chi connectivity index (χ0n) is 16.1. The number of hydrogen-bond acceptors (Lipinski definition) is 3. The Hall–Kier alpha value is -3.35. The summed E-state index contributed by atoms with van der Waals surface area (Å²) in [7, 11) is 0. The van der Waals surface area contributed by atoms with Gasteiger partial charge >= 0.3 is 6.03 Å². The molecule has 0 atom stereocenters. The summed E-state index contributed by atoms with van der Waals surface area (Å²) in [4.78, 5) is 37.9. The first kappa shape index (κ1) is 19.0. The molecule has 1 aliphatic carbocycles. The van der Waals surface area contributed by atoms with Gasteiger partial charge in [-0.3, -0.25) is 9.59 Å². The number of anilines is 1. The molecule has 0 unspecified atom stereocenters. The average molecular weight is 392 g/mol. The minimum absolute atomic E-state index is 0.184. The van der Waals surface area contributed by atoms with E-state index in [1.165, 1.54) is 32.1 Å². The molecule has 2 heterocycles. The SMILES string of the molecule is O=C(CN1C(=O)N/C(=C/c2ccn(C3CCCCC3)c2)C1=O)Nc1ccccc1. The second-order valence-corrected chi connectivity index (χ2v) is 7.48. The highest BCUT2D eigenvalue weighted by molar-refractivity contribution is 6.15. The van der Waals surface area contributed by atoms with Gasteiger partial charge in [0.1, 0.15) is 12.2 Å². The van der Waals surface area contributed by atoms with Gasteiger partial charge in [0.2, 0.25) is 5.91 Å². The monoisotopic (exact) mass is 392 g/mol. The van der Waals surface area contributed by atoms with Gasteiger partial charge in [0, 0.05) is 24.1 Å². The van der Waals surface area contributed by atoms with E-state index < -0.39 is 17.8 Å². The third-order valence-corrected chi connectivity index (χ3v) is 5.37. The fourth-order valence-corrected chi connectivity index (χ4v) is 3.87. The van der Waals surface area contributed by atoms with Crippen LogP contribution in [0.4, 0.5) is 10.5 Å². The Labute approximate surface area is 169 Å². The van der Waals surface area contributed by atoms with E-state index in [1.54, 1.807) is 30.3 Å². The lowest BCUT2D eigenvalue weighted by Crippen LogP contribution is -2.38. The highest BCUT2D eigenvalue weighted by Gasteiger charge is 2.35. The molecule has 4 rings (SSSR count). The van der Waals surface area contributed by atoms with Crippen molar-refractivity contribution in [2.45, 2.75) is 38.1 Å². The van der Waals surface area contributed by atoms with E-state index in [9.17, 15) is 14.4 Å². The zero-order chi connectivity index (χ0) is 20.2. The van der Waals surface area contributed by atoms with Crippen molar-refractivity contribution in [2.75, 3.05) is 11.9 Å². The van der Waals surface area contributed by atoms with Gasteiger partial charge in [-0.2, -0.15) is 0 Å². The van der Waals surface area contributed by atoms with E-state index in [1.807, 2.05) is 24.5 Å². The molecule has 1 aliphatic heterocycles. The molecule has 1 saturated carbocycles. The molecule has 1 saturated heterocycles. The molecule has 0 radical (unpaired) electrons. The molecule has 4 amide bonds. The van der Waals surface area contributed by atoms with Crippen molar-refractivity contribution >= 4 is 29.6 Å². The summed E-state index contributed by atoms with van der Waals surface area (Å²) in [5, 5.41) is 5.25. The number of nitrogens with one attached hydrogen (secondary N) is 2. The summed E-state index contributed by atoms with van der Waals surface area (Å²) in [5.74, 6) is -0.923. The van der Waals surface area contributed by atoms with Crippen LogP contribution in [0.2, 0.25) is 0 Å². The highest BCUT2D eigenvalue weighted by Crippen LogP contribution is 2.28. The molecule has 150 valence electrons. The maximum Gasteiger partial charge on any atom is 0.329 e. The van der Waals surface area contributed by atoms with Gasteiger partial charge < -0.3 is 15.2 Å². The average Bonchev–Trinajstić information content (AvgIpc) is 3.30. The zero-order valence-corrected chi connectivity index (χ0v) is 16.1. The van der Waals surface area contributed by atoms with E-state index in [-0.39, 0.29) is 12.2 Å². The van der Waals surface area contributed by atoms with Crippen molar-refractivity contribution in [2.24, 2.45) is 0 Å². The number of aromatic nitrogens is 1. The van der Waals surface area contributed by atoms with Crippen molar-refractivity contribution in [3.63, 3.8) is 0 Å². The Morgan fingerprint density at radius 3 is 2.62 bits per heavy atom. The Bertz CT molecular complexity index is 942. The molecule has 0 bridgehead atoms. The van der Waals surface area contributed by atoms with Crippen LogP contribution in [0.3, 0.4) is 0 Å². The van der Waals surface area contributed by atoms with Gasteiger partial charge in [0.05, 0.1) is 0 Å². The van der Waals surface area contributed by atoms with E-state index in [0.717, 1.165) is 10.5 Å². The van der Waals surface area contributed by atoms with Gasteiger partial charge in [0.25, 0.3) is 5.91 Å². The molecule has 1 aromatic carbocycles. The molecule has 2 N–H and O–H groups in total. The number of rotatable bonds is 5. The predicted molar refractivity (Wildman–Crippen MR) is 110 cm³/mol. The van der Waals surface area contributed by atoms with Gasteiger partial charge in [0.15, 0.2) is 0 Å². The number of benzene rings is 1. The second kappa shape index (κ2) is 8.34. The number of hydrogen-bond donors (Lipinski definition) is 2. The Balaban J connectivity index is 1.41. The van der Waals surface area contributed by atoms with Gasteiger partial charge in [-0.05, 0) is 42.7 Å². The number of carbonyl (C=O) groups is 3. The third-order valence-electron chi connectivity index (χ3n) is 5.37.